The molecule has 2 aromatic rings. The minimum Gasteiger partial charge on any atom is -0.490 e. The number of carbonyl (C=O) groups excluding carboxylic acids is 1. The highest BCUT2D eigenvalue weighted by atomic mass is 19.4. The predicted molar refractivity (Wildman–Crippen MR) is 84.6 cm³/mol. The van der Waals surface area contributed by atoms with E-state index in [2.05, 4.69) is 5.32 Å². The van der Waals surface area contributed by atoms with E-state index < -0.39 is 23.5 Å². The highest BCUT2D eigenvalue weighted by molar-refractivity contribution is 5.94. The molecule has 26 heavy (non-hydrogen) atoms. The Morgan fingerprint density at radius 1 is 1.04 bits per heavy atom. The van der Waals surface area contributed by atoms with E-state index in [4.69, 9.17) is 9.47 Å². The van der Waals surface area contributed by atoms with Crippen molar-refractivity contribution in [2.24, 2.45) is 0 Å². The molecule has 0 saturated heterocycles. The van der Waals surface area contributed by atoms with Crippen LogP contribution in [0.25, 0.3) is 0 Å². The number of amides is 1. The molecular weight excluding hydrogens is 354 g/mol. The third-order valence-electron chi connectivity index (χ3n) is 3.80. The number of nitrogens with one attached hydrogen (secondary N) is 1. The molecule has 0 spiro atoms. The van der Waals surface area contributed by atoms with Gasteiger partial charge in [0, 0.05) is 18.5 Å². The van der Waals surface area contributed by atoms with Crippen molar-refractivity contribution in [1.29, 1.82) is 0 Å². The van der Waals surface area contributed by atoms with E-state index in [9.17, 15) is 22.4 Å². The quantitative estimate of drug-likeness (QED) is 0.834. The van der Waals surface area contributed by atoms with E-state index in [1.165, 1.54) is 0 Å². The van der Waals surface area contributed by atoms with Crippen LogP contribution in [-0.4, -0.2) is 19.1 Å². The van der Waals surface area contributed by atoms with Crippen LogP contribution in [0.5, 0.6) is 11.5 Å². The fourth-order valence-electron chi connectivity index (χ4n) is 2.49. The van der Waals surface area contributed by atoms with Gasteiger partial charge in [-0.15, -0.1) is 0 Å². The van der Waals surface area contributed by atoms with Crippen molar-refractivity contribution in [2.45, 2.75) is 19.1 Å². The van der Waals surface area contributed by atoms with Gasteiger partial charge in [0.2, 0.25) is 0 Å². The molecule has 1 N–H and O–H groups in total. The van der Waals surface area contributed by atoms with E-state index >= 15 is 0 Å². The van der Waals surface area contributed by atoms with Gasteiger partial charge in [-0.2, -0.15) is 13.2 Å². The van der Waals surface area contributed by atoms with Crippen LogP contribution in [0.1, 0.15) is 27.9 Å². The maximum Gasteiger partial charge on any atom is 0.419 e. The van der Waals surface area contributed by atoms with Gasteiger partial charge in [-0.3, -0.25) is 4.79 Å². The lowest BCUT2D eigenvalue weighted by Crippen LogP contribution is -2.23. The fourth-order valence-corrected chi connectivity index (χ4v) is 2.49. The Morgan fingerprint density at radius 3 is 2.50 bits per heavy atom. The normalized spacial score (nSPS) is 13.8. The van der Waals surface area contributed by atoms with E-state index in [1.807, 2.05) is 0 Å². The summed E-state index contributed by atoms with van der Waals surface area (Å²) in [6.45, 7) is 1.14. The molecule has 0 unspecified atom stereocenters. The Bertz CT molecular complexity index is 821. The van der Waals surface area contributed by atoms with E-state index in [-0.39, 0.29) is 12.1 Å². The summed E-state index contributed by atoms with van der Waals surface area (Å²) < 4.78 is 62.6. The molecular formula is C18H15F4NO3. The number of carbonyl (C=O) groups is 1. The molecule has 1 amide bonds. The molecule has 0 radical (unpaired) electrons. The second kappa shape index (κ2) is 7.23. The highest BCUT2D eigenvalue weighted by Crippen LogP contribution is 2.32. The molecule has 1 aliphatic heterocycles. The van der Waals surface area contributed by atoms with E-state index in [0.29, 0.717) is 42.4 Å². The van der Waals surface area contributed by atoms with Crippen molar-refractivity contribution in [1.82, 2.24) is 5.32 Å². The largest absolute Gasteiger partial charge is 0.490 e. The first-order valence-corrected chi connectivity index (χ1v) is 7.88. The maximum absolute atomic E-state index is 13.3. The monoisotopic (exact) mass is 369 g/mol. The number of benzene rings is 2. The predicted octanol–water partition coefficient (Wildman–Crippen LogP) is 3.94. The summed E-state index contributed by atoms with van der Waals surface area (Å²) in [4.78, 5) is 12.1. The molecule has 1 heterocycles. The average Bonchev–Trinajstić information content (AvgIpc) is 2.84. The Labute approximate surface area is 146 Å². The summed E-state index contributed by atoms with van der Waals surface area (Å²) in [6.07, 6.45) is -4.11. The molecule has 0 aromatic heterocycles. The molecule has 0 bridgehead atoms. The fraction of sp³-hybridized carbons (Fsp3) is 0.278. The summed E-state index contributed by atoms with van der Waals surface area (Å²) in [5.41, 5.74) is -1.05. The number of ether oxygens (including phenoxy) is 2. The van der Waals surface area contributed by atoms with Crippen LogP contribution in [0.4, 0.5) is 17.6 Å². The van der Waals surface area contributed by atoms with Gasteiger partial charge in [0.15, 0.2) is 11.5 Å². The lowest BCUT2D eigenvalue weighted by Gasteiger charge is -2.12. The lowest BCUT2D eigenvalue weighted by atomic mass is 10.1. The van der Waals surface area contributed by atoms with E-state index in [1.54, 1.807) is 18.2 Å². The molecule has 3 rings (SSSR count). The molecule has 0 saturated carbocycles. The Morgan fingerprint density at radius 2 is 1.77 bits per heavy atom. The van der Waals surface area contributed by atoms with Gasteiger partial charge in [-0.25, -0.2) is 4.39 Å². The molecule has 0 aliphatic carbocycles. The van der Waals surface area contributed by atoms with Crippen LogP contribution in [-0.2, 0) is 12.7 Å². The van der Waals surface area contributed by atoms with E-state index in [0.717, 1.165) is 12.5 Å². The molecule has 8 heteroatoms. The Kier molecular flexibility index (Phi) is 5.01. The minimum atomic E-state index is -4.87. The Balaban J connectivity index is 1.70. The topological polar surface area (TPSA) is 47.6 Å². The average molecular weight is 369 g/mol. The first-order valence-electron chi connectivity index (χ1n) is 7.88. The zero-order valence-electron chi connectivity index (χ0n) is 13.5. The van der Waals surface area contributed by atoms with Gasteiger partial charge in [0.1, 0.15) is 5.82 Å². The molecule has 0 atom stereocenters. The summed E-state index contributed by atoms with van der Waals surface area (Å²) in [7, 11) is 0. The third kappa shape index (κ3) is 4.07. The standard InChI is InChI=1S/C18H15F4NO3/c19-14-4-3-12(9-13(14)18(20,21)22)17(24)23-10-11-2-5-15-16(8-11)26-7-1-6-25-15/h2-5,8-9H,1,6-7,10H2,(H,23,24). The van der Waals surface area contributed by atoms with Crippen molar-refractivity contribution in [3.63, 3.8) is 0 Å². The van der Waals surface area contributed by atoms with Crippen molar-refractivity contribution >= 4 is 5.91 Å². The first-order chi connectivity index (χ1) is 12.3. The number of hydrogen-bond acceptors (Lipinski definition) is 3. The number of fused-ring (bicyclic) bond motifs is 1. The third-order valence-corrected chi connectivity index (χ3v) is 3.80. The van der Waals surface area contributed by atoms with Crippen molar-refractivity contribution in [3.05, 3.63) is 58.9 Å². The summed E-state index contributed by atoms with van der Waals surface area (Å²) >= 11 is 0. The molecule has 4 nitrogen and oxygen atoms in total. The zero-order valence-corrected chi connectivity index (χ0v) is 13.5. The number of hydrogen-bond donors (Lipinski definition) is 1. The summed E-state index contributed by atoms with van der Waals surface area (Å²) in [6, 6.07) is 7.27. The molecule has 2 aromatic carbocycles. The van der Waals surface area contributed by atoms with Crippen LogP contribution in [0.15, 0.2) is 36.4 Å². The molecule has 1 aliphatic rings. The summed E-state index contributed by atoms with van der Waals surface area (Å²) in [5, 5.41) is 2.51. The summed E-state index contributed by atoms with van der Waals surface area (Å²) in [5.74, 6) is -0.999. The van der Waals surface area contributed by atoms with Crippen molar-refractivity contribution in [3.8, 4) is 11.5 Å². The van der Waals surface area contributed by atoms with Gasteiger partial charge in [-0.05, 0) is 35.9 Å². The Hall–Kier alpha value is -2.77. The minimum absolute atomic E-state index is 0.0776. The first kappa shape index (κ1) is 18.0. The van der Waals surface area contributed by atoms with Crippen molar-refractivity contribution < 1.29 is 31.8 Å². The second-order valence-electron chi connectivity index (χ2n) is 5.71. The van der Waals surface area contributed by atoms with Crippen LogP contribution >= 0.6 is 0 Å². The van der Waals surface area contributed by atoms with Gasteiger partial charge < -0.3 is 14.8 Å². The number of rotatable bonds is 3. The molecule has 138 valence electrons. The van der Waals surface area contributed by atoms with Gasteiger partial charge in [-0.1, -0.05) is 6.07 Å². The van der Waals surface area contributed by atoms with Gasteiger partial charge in [0.05, 0.1) is 18.8 Å². The highest BCUT2D eigenvalue weighted by Gasteiger charge is 2.34. The van der Waals surface area contributed by atoms with Crippen molar-refractivity contribution in [2.75, 3.05) is 13.2 Å². The SMILES string of the molecule is O=C(NCc1ccc2c(c1)OCCCO2)c1ccc(F)c(C(F)(F)F)c1. The van der Waals surface area contributed by atoms with Crippen LogP contribution < -0.4 is 14.8 Å². The number of halogens is 4. The second-order valence-corrected chi connectivity index (χ2v) is 5.71. The van der Waals surface area contributed by atoms with Crippen LogP contribution in [0.2, 0.25) is 0 Å². The van der Waals surface area contributed by atoms with Gasteiger partial charge >= 0.3 is 6.18 Å². The lowest BCUT2D eigenvalue weighted by molar-refractivity contribution is -0.140. The van der Waals surface area contributed by atoms with Crippen LogP contribution in [0, 0.1) is 5.82 Å². The zero-order chi connectivity index (χ0) is 18.7. The molecule has 0 fully saturated rings. The smallest absolute Gasteiger partial charge is 0.419 e. The van der Waals surface area contributed by atoms with Gasteiger partial charge in [0.25, 0.3) is 5.91 Å². The van der Waals surface area contributed by atoms with Crippen LogP contribution in [0.3, 0.4) is 0 Å². The number of alkyl halides is 3. The maximum atomic E-state index is 13.3.